The largest absolute Gasteiger partial charge is 0.313 e. The number of nitrogens with zero attached hydrogens (tertiary/aromatic N) is 3. The van der Waals surface area contributed by atoms with Gasteiger partial charge < -0.3 is 13.7 Å². The fourth-order valence-electron chi connectivity index (χ4n) is 8.15. The summed E-state index contributed by atoms with van der Waals surface area (Å²) in [6.07, 6.45) is 3.19. The molecule has 48 heavy (non-hydrogen) atoms. The first kappa shape index (κ1) is 27.2. The lowest BCUT2D eigenvalue weighted by Crippen LogP contribution is -2.16. The van der Waals surface area contributed by atoms with Gasteiger partial charge in [0.1, 0.15) is 11.6 Å². The van der Waals surface area contributed by atoms with Crippen LogP contribution in [0, 0.1) is 17.6 Å². The first-order chi connectivity index (χ1) is 23.5. The van der Waals surface area contributed by atoms with E-state index in [0.29, 0.717) is 0 Å². The Bertz CT molecular complexity index is 2800. The average Bonchev–Trinajstić information content (AvgIpc) is 3.73. The molecule has 230 valence electrons. The van der Waals surface area contributed by atoms with Crippen molar-refractivity contribution in [3.63, 3.8) is 0 Å². The van der Waals surface area contributed by atoms with E-state index in [1.165, 1.54) is 23.0 Å². The summed E-state index contributed by atoms with van der Waals surface area (Å²) in [5.74, 6) is -0.279. The molecule has 3 aromatic heterocycles. The molecular formula is C43H29F2N3. The Balaban J connectivity index is 1.28. The minimum Gasteiger partial charge on any atom is -0.313 e. The minimum absolute atomic E-state index is 0.194. The molecule has 0 bridgehead atoms. The molecule has 5 heteroatoms. The lowest BCUT2D eigenvalue weighted by molar-refractivity contribution is 0.629. The number of hydrogen-bond acceptors (Lipinski definition) is 0. The molecule has 0 fully saturated rings. The fourth-order valence-corrected chi connectivity index (χ4v) is 8.15. The molecule has 0 aliphatic heterocycles. The molecule has 3 heterocycles. The second-order valence-electron chi connectivity index (χ2n) is 12.9. The molecule has 0 spiro atoms. The van der Waals surface area contributed by atoms with Gasteiger partial charge in [-0.25, -0.2) is 8.78 Å². The van der Waals surface area contributed by atoms with Crippen molar-refractivity contribution in [2.75, 3.05) is 0 Å². The molecule has 3 nitrogen and oxygen atoms in total. The molecule has 0 radical (unpaired) electrons. The van der Waals surface area contributed by atoms with Crippen molar-refractivity contribution in [1.29, 1.82) is 0 Å². The van der Waals surface area contributed by atoms with E-state index in [9.17, 15) is 8.78 Å². The van der Waals surface area contributed by atoms with Crippen LogP contribution in [0.5, 0.6) is 0 Å². The van der Waals surface area contributed by atoms with Crippen LogP contribution in [-0.2, 0) is 6.42 Å². The summed E-state index contributed by atoms with van der Waals surface area (Å²) >= 11 is 0. The van der Waals surface area contributed by atoms with E-state index >= 15 is 0 Å². The summed E-state index contributed by atoms with van der Waals surface area (Å²) in [5.41, 5.74) is 11.0. The summed E-state index contributed by atoms with van der Waals surface area (Å²) in [6.45, 7) is 2.29. The Morgan fingerprint density at radius 1 is 0.479 bits per heavy atom. The van der Waals surface area contributed by atoms with Gasteiger partial charge in [-0.3, -0.25) is 0 Å². The fraction of sp³-hybridized carbons (Fsp3) is 0.0698. The van der Waals surface area contributed by atoms with Crippen LogP contribution in [0.2, 0.25) is 0 Å². The number of hydrogen-bond donors (Lipinski definition) is 0. The van der Waals surface area contributed by atoms with E-state index in [1.54, 1.807) is 18.2 Å². The Labute approximate surface area is 275 Å². The van der Waals surface area contributed by atoms with Gasteiger partial charge in [0.05, 0.1) is 27.6 Å². The Hall–Kier alpha value is -5.94. The van der Waals surface area contributed by atoms with Crippen LogP contribution < -0.4 is 0 Å². The van der Waals surface area contributed by atoms with Gasteiger partial charge in [0.2, 0.25) is 0 Å². The maximum Gasteiger partial charge on any atom is 0.123 e. The number of fused-ring (bicyclic) bond motifs is 9. The van der Waals surface area contributed by atoms with Crippen LogP contribution in [0.3, 0.4) is 0 Å². The van der Waals surface area contributed by atoms with Gasteiger partial charge in [-0.1, -0.05) is 61.5 Å². The second-order valence-corrected chi connectivity index (χ2v) is 12.9. The number of rotatable bonds is 3. The molecule has 1 aliphatic carbocycles. The molecule has 6 aromatic carbocycles. The zero-order valence-corrected chi connectivity index (χ0v) is 26.2. The predicted molar refractivity (Wildman–Crippen MR) is 194 cm³/mol. The van der Waals surface area contributed by atoms with Crippen molar-refractivity contribution >= 4 is 66.3 Å². The first-order valence-electron chi connectivity index (χ1n) is 16.4. The zero-order valence-electron chi connectivity index (χ0n) is 26.2. The Morgan fingerprint density at radius 3 is 1.71 bits per heavy atom. The summed E-state index contributed by atoms with van der Waals surface area (Å²) in [4.78, 5) is 0. The van der Waals surface area contributed by atoms with Gasteiger partial charge in [0.25, 0.3) is 0 Å². The third-order valence-electron chi connectivity index (χ3n) is 10.2. The van der Waals surface area contributed by atoms with E-state index in [-0.39, 0.29) is 17.6 Å². The highest BCUT2D eigenvalue weighted by molar-refractivity contribution is 6.12. The Morgan fingerprint density at radius 2 is 1.02 bits per heavy atom. The van der Waals surface area contributed by atoms with Crippen LogP contribution in [0.15, 0.2) is 133 Å². The van der Waals surface area contributed by atoms with Gasteiger partial charge in [-0.2, -0.15) is 0 Å². The summed E-state index contributed by atoms with van der Waals surface area (Å²) < 4.78 is 36.0. The molecular weight excluding hydrogens is 596 g/mol. The van der Waals surface area contributed by atoms with E-state index in [1.807, 2.05) is 30.3 Å². The van der Waals surface area contributed by atoms with Gasteiger partial charge in [-0.15, -0.1) is 0 Å². The standard InChI is InChI=1S/C43H29F2N3/c1-26-21-43-36(25-42(26)48-38-14-8-6-12-32(38)34-23-28(45)16-19-41(34)48)35-24-30(17-20-40(35)46(43)29-9-3-2-4-10-29)47-37-13-7-5-11-31(37)33-22-27(44)15-18-39(33)47/h2-20,22-26H,21H2,1H3. The lowest BCUT2D eigenvalue weighted by Gasteiger charge is -2.25. The monoisotopic (exact) mass is 625 g/mol. The maximum absolute atomic E-state index is 14.6. The van der Waals surface area contributed by atoms with Crippen LogP contribution >= 0.6 is 0 Å². The molecule has 0 N–H and O–H groups in total. The average molecular weight is 626 g/mol. The Kier molecular flexibility index (Phi) is 5.68. The molecule has 10 rings (SSSR count). The van der Waals surface area contributed by atoms with Crippen molar-refractivity contribution < 1.29 is 8.78 Å². The predicted octanol–water partition coefficient (Wildman–Crippen LogP) is 11.3. The first-order valence-corrected chi connectivity index (χ1v) is 16.4. The normalized spacial score (nSPS) is 14.8. The summed E-state index contributed by atoms with van der Waals surface area (Å²) in [6, 6.07) is 43.9. The second kappa shape index (κ2) is 10.0. The zero-order chi connectivity index (χ0) is 32.1. The SMILES string of the molecule is CC1Cc2c(c3cc(-n4c5ccccc5c5cc(F)ccc54)ccc3n2-c2ccccc2)C=C1n1c2ccccc2c2cc(F)ccc21. The molecule has 1 atom stereocenters. The van der Waals surface area contributed by atoms with Gasteiger partial charge in [0.15, 0.2) is 0 Å². The lowest BCUT2D eigenvalue weighted by atomic mass is 9.91. The molecule has 0 amide bonds. The van der Waals surface area contributed by atoms with Crippen molar-refractivity contribution in [3.8, 4) is 11.4 Å². The van der Waals surface area contributed by atoms with Gasteiger partial charge in [-0.05, 0) is 91.4 Å². The minimum atomic E-state index is -0.241. The molecule has 1 aliphatic rings. The van der Waals surface area contributed by atoms with Crippen molar-refractivity contribution in [1.82, 2.24) is 13.7 Å². The number of benzene rings is 6. The topological polar surface area (TPSA) is 14.8 Å². The highest BCUT2D eigenvalue weighted by Crippen LogP contribution is 2.43. The molecule has 0 saturated carbocycles. The smallest absolute Gasteiger partial charge is 0.123 e. The van der Waals surface area contributed by atoms with E-state index in [2.05, 4.69) is 106 Å². The number of para-hydroxylation sites is 3. The highest BCUT2D eigenvalue weighted by atomic mass is 19.1. The molecule has 0 saturated heterocycles. The van der Waals surface area contributed by atoms with Gasteiger partial charge >= 0.3 is 0 Å². The quantitative estimate of drug-likeness (QED) is 0.186. The third kappa shape index (κ3) is 3.79. The number of aromatic nitrogens is 3. The molecule has 1 unspecified atom stereocenters. The van der Waals surface area contributed by atoms with Crippen molar-refractivity contribution in [2.45, 2.75) is 13.3 Å². The van der Waals surface area contributed by atoms with E-state index in [0.717, 1.165) is 72.3 Å². The highest BCUT2D eigenvalue weighted by Gasteiger charge is 2.28. The number of allylic oxidation sites excluding steroid dienone is 1. The number of halogens is 2. The van der Waals surface area contributed by atoms with E-state index in [4.69, 9.17) is 0 Å². The molecule has 9 aromatic rings. The van der Waals surface area contributed by atoms with Gasteiger partial charge in [0, 0.05) is 61.2 Å². The maximum atomic E-state index is 14.6. The third-order valence-corrected chi connectivity index (χ3v) is 10.2. The van der Waals surface area contributed by atoms with Crippen molar-refractivity contribution in [2.24, 2.45) is 5.92 Å². The van der Waals surface area contributed by atoms with Crippen LogP contribution in [0.4, 0.5) is 8.78 Å². The summed E-state index contributed by atoms with van der Waals surface area (Å²) in [7, 11) is 0. The van der Waals surface area contributed by atoms with Crippen LogP contribution in [-0.4, -0.2) is 13.7 Å². The van der Waals surface area contributed by atoms with E-state index < -0.39 is 0 Å². The van der Waals surface area contributed by atoms with Crippen LogP contribution in [0.25, 0.3) is 77.7 Å². The van der Waals surface area contributed by atoms with Crippen molar-refractivity contribution in [3.05, 3.63) is 156 Å². The van der Waals surface area contributed by atoms with Crippen LogP contribution in [0.1, 0.15) is 18.2 Å². The summed E-state index contributed by atoms with van der Waals surface area (Å²) in [5, 5.41) is 5.03.